The van der Waals surface area contributed by atoms with Gasteiger partial charge in [0.1, 0.15) is 0 Å². The molecule has 30 heavy (non-hydrogen) atoms. The second-order valence-electron chi connectivity index (χ2n) is 7.51. The second kappa shape index (κ2) is 7.66. The Morgan fingerprint density at radius 2 is 1.57 bits per heavy atom. The summed E-state index contributed by atoms with van der Waals surface area (Å²) in [4.78, 5) is 4.87. The zero-order valence-electron chi connectivity index (χ0n) is 16.3. The maximum atomic E-state index is 13.1. The van der Waals surface area contributed by atoms with Crippen molar-refractivity contribution in [1.29, 1.82) is 0 Å². The fourth-order valence-electron chi connectivity index (χ4n) is 3.93. The lowest BCUT2D eigenvalue weighted by molar-refractivity contribution is 0.271. The summed E-state index contributed by atoms with van der Waals surface area (Å²) in [5.41, 5.74) is 0.906. The molecule has 0 atom stereocenters. The molecule has 3 aromatic carbocycles. The molecule has 4 aromatic rings. The van der Waals surface area contributed by atoms with Gasteiger partial charge in [-0.1, -0.05) is 65.8 Å². The van der Waals surface area contributed by atoms with E-state index in [4.69, 9.17) is 4.52 Å². The molecule has 7 heteroatoms. The summed E-state index contributed by atoms with van der Waals surface area (Å²) in [5.74, 6) is 1.21. The van der Waals surface area contributed by atoms with Gasteiger partial charge in [0.25, 0.3) is 0 Å². The van der Waals surface area contributed by atoms with Gasteiger partial charge in [-0.25, -0.2) is 8.42 Å². The molecule has 1 fully saturated rings. The van der Waals surface area contributed by atoms with Crippen LogP contribution < -0.4 is 0 Å². The van der Waals surface area contributed by atoms with Crippen molar-refractivity contribution in [2.75, 3.05) is 13.1 Å². The molecule has 0 N–H and O–H groups in total. The van der Waals surface area contributed by atoms with Gasteiger partial charge in [0.15, 0.2) is 0 Å². The first-order valence-corrected chi connectivity index (χ1v) is 11.4. The van der Waals surface area contributed by atoms with Crippen LogP contribution in [-0.2, 0) is 10.0 Å². The summed E-state index contributed by atoms with van der Waals surface area (Å²) in [6.45, 7) is 0.867. The van der Waals surface area contributed by atoms with Crippen molar-refractivity contribution in [3.8, 4) is 11.4 Å². The molecule has 1 aromatic heterocycles. The molecule has 0 unspecified atom stereocenters. The van der Waals surface area contributed by atoms with E-state index in [-0.39, 0.29) is 5.92 Å². The molecule has 0 aliphatic carbocycles. The van der Waals surface area contributed by atoms with Crippen LogP contribution in [0, 0.1) is 0 Å². The molecule has 6 nitrogen and oxygen atoms in total. The van der Waals surface area contributed by atoms with Gasteiger partial charge in [0.05, 0.1) is 4.90 Å². The Kier molecular flexibility index (Phi) is 4.84. The maximum absolute atomic E-state index is 13.1. The van der Waals surface area contributed by atoms with Crippen molar-refractivity contribution < 1.29 is 12.9 Å². The summed E-state index contributed by atoms with van der Waals surface area (Å²) >= 11 is 0. The highest BCUT2D eigenvalue weighted by Crippen LogP contribution is 2.31. The van der Waals surface area contributed by atoms with Gasteiger partial charge in [-0.15, -0.1) is 0 Å². The van der Waals surface area contributed by atoms with E-state index in [0.29, 0.717) is 42.5 Å². The fraction of sp³-hybridized carbons (Fsp3) is 0.217. The number of aromatic nitrogens is 2. The Balaban J connectivity index is 1.31. The average Bonchev–Trinajstić information content (AvgIpc) is 3.30. The summed E-state index contributed by atoms with van der Waals surface area (Å²) in [5, 5.41) is 6.04. The standard InChI is InChI=1S/C23H21N3O3S/c27-30(28,21-11-10-17-6-4-5-9-20(17)16-21)26-14-12-19(13-15-26)23-24-22(25-29-23)18-7-2-1-3-8-18/h1-11,16,19H,12-15H2. The number of fused-ring (bicyclic) bond motifs is 1. The van der Waals surface area contributed by atoms with Crippen molar-refractivity contribution >= 4 is 20.8 Å². The molecule has 152 valence electrons. The number of hydrogen-bond donors (Lipinski definition) is 0. The Morgan fingerprint density at radius 1 is 0.867 bits per heavy atom. The van der Waals surface area contributed by atoms with Gasteiger partial charge in [0, 0.05) is 24.6 Å². The van der Waals surface area contributed by atoms with Crippen molar-refractivity contribution in [2.45, 2.75) is 23.7 Å². The highest BCUT2D eigenvalue weighted by atomic mass is 32.2. The number of nitrogens with zero attached hydrogens (tertiary/aromatic N) is 3. The van der Waals surface area contributed by atoms with E-state index in [1.54, 1.807) is 16.4 Å². The minimum Gasteiger partial charge on any atom is -0.339 e. The van der Waals surface area contributed by atoms with E-state index < -0.39 is 10.0 Å². The van der Waals surface area contributed by atoms with E-state index in [1.165, 1.54) is 0 Å². The Hall–Kier alpha value is -3.03. The van der Waals surface area contributed by atoms with E-state index in [0.717, 1.165) is 16.3 Å². The lowest BCUT2D eigenvalue weighted by Gasteiger charge is -2.29. The van der Waals surface area contributed by atoms with E-state index in [9.17, 15) is 8.42 Å². The number of sulfonamides is 1. The molecule has 1 aliphatic rings. The molecule has 0 saturated carbocycles. The SMILES string of the molecule is O=S(=O)(c1ccc2ccccc2c1)N1CCC(c2nc(-c3ccccc3)no2)CC1. The molecule has 1 aliphatic heterocycles. The number of piperidine rings is 1. The minimum atomic E-state index is -3.53. The van der Waals surface area contributed by atoms with Gasteiger partial charge in [-0.3, -0.25) is 0 Å². The summed E-state index contributed by atoms with van der Waals surface area (Å²) in [6, 6.07) is 22.7. The summed E-state index contributed by atoms with van der Waals surface area (Å²) in [6.07, 6.45) is 1.31. The van der Waals surface area contributed by atoms with Gasteiger partial charge in [-0.05, 0) is 35.7 Å². The van der Waals surface area contributed by atoms with E-state index in [2.05, 4.69) is 10.1 Å². The van der Waals surface area contributed by atoms with Gasteiger partial charge in [-0.2, -0.15) is 9.29 Å². The zero-order chi connectivity index (χ0) is 20.6. The number of rotatable bonds is 4. The maximum Gasteiger partial charge on any atom is 0.243 e. The highest BCUT2D eigenvalue weighted by Gasteiger charge is 2.32. The fourth-order valence-corrected chi connectivity index (χ4v) is 5.43. The molecule has 1 saturated heterocycles. The van der Waals surface area contributed by atoms with Crippen molar-refractivity contribution in [2.24, 2.45) is 0 Å². The Labute approximate surface area is 175 Å². The van der Waals surface area contributed by atoms with Crippen LogP contribution in [0.15, 0.2) is 82.2 Å². The first-order valence-electron chi connectivity index (χ1n) is 9.99. The summed E-state index contributed by atoms with van der Waals surface area (Å²) in [7, 11) is -3.53. The second-order valence-corrected chi connectivity index (χ2v) is 9.45. The number of benzene rings is 3. The first kappa shape index (κ1) is 19.0. The molecule has 2 heterocycles. The molecule has 0 radical (unpaired) electrons. The van der Waals surface area contributed by atoms with Crippen molar-refractivity contribution in [1.82, 2.24) is 14.4 Å². The molecule has 0 bridgehead atoms. The molecule has 0 spiro atoms. The van der Waals surface area contributed by atoms with Crippen LogP contribution in [0.1, 0.15) is 24.7 Å². The summed E-state index contributed by atoms with van der Waals surface area (Å²) < 4.78 is 33.3. The quantitative estimate of drug-likeness (QED) is 0.488. The lowest BCUT2D eigenvalue weighted by Crippen LogP contribution is -2.37. The third-order valence-corrected chi connectivity index (χ3v) is 7.53. The minimum absolute atomic E-state index is 0.0676. The van der Waals surface area contributed by atoms with Crippen LogP contribution in [0.5, 0.6) is 0 Å². The van der Waals surface area contributed by atoms with Gasteiger partial charge >= 0.3 is 0 Å². The normalized spacial score (nSPS) is 16.1. The predicted molar refractivity (Wildman–Crippen MR) is 114 cm³/mol. The zero-order valence-corrected chi connectivity index (χ0v) is 17.1. The van der Waals surface area contributed by atoms with E-state index >= 15 is 0 Å². The van der Waals surface area contributed by atoms with Gasteiger partial charge in [0.2, 0.25) is 21.7 Å². The smallest absolute Gasteiger partial charge is 0.243 e. The monoisotopic (exact) mass is 419 g/mol. The molecular weight excluding hydrogens is 398 g/mol. The van der Waals surface area contributed by atoms with Crippen LogP contribution in [0.3, 0.4) is 0 Å². The van der Waals surface area contributed by atoms with Gasteiger partial charge < -0.3 is 4.52 Å². The Morgan fingerprint density at radius 3 is 2.33 bits per heavy atom. The first-order chi connectivity index (χ1) is 14.6. The van der Waals surface area contributed by atoms with Crippen molar-refractivity contribution in [3.05, 3.63) is 78.7 Å². The van der Waals surface area contributed by atoms with E-state index in [1.807, 2.05) is 60.7 Å². The van der Waals surface area contributed by atoms with Crippen LogP contribution in [0.4, 0.5) is 0 Å². The Bertz CT molecular complexity index is 1280. The highest BCUT2D eigenvalue weighted by molar-refractivity contribution is 7.89. The molecule has 5 rings (SSSR count). The lowest BCUT2D eigenvalue weighted by atomic mass is 9.98. The topological polar surface area (TPSA) is 76.3 Å². The largest absolute Gasteiger partial charge is 0.339 e. The molecular formula is C23H21N3O3S. The average molecular weight is 420 g/mol. The molecule has 0 amide bonds. The van der Waals surface area contributed by atoms with Crippen LogP contribution in [0.25, 0.3) is 22.2 Å². The van der Waals surface area contributed by atoms with Crippen LogP contribution in [-0.4, -0.2) is 36.0 Å². The third kappa shape index (κ3) is 3.51. The predicted octanol–water partition coefficient (Wildman–Crippen LogP) is 4.46. The third-order valence-electron chi connectivity index (χ3n) is 5.64. The van der Waals surface area contributed by atoms with Crippen LogP contribution >= 0.6 is 0 Å². The number of hydrogen-bond acceptors (Lipinski definition) is 5. The van der Waals surface area contributed by atoms with Crippen LogP contribution in [0.2, 0.25) is 0 Å². The van der Waals surface area contributed by atoms with Crippen molar-refractivity contribution in [3.63, 3.8) is 0 Å².